The fraction of sp³-hybridized carbons (Fsp3) is 0.650. The number of benzene rings is 1. The molecule has 1 aliphatic heterocycles. The summed E-state index contributed by atoms with van der Waals surface area (Å²) in [5.74, 6) is 2.64. The van der Waals surface area contributed by atoms with Crippen molar-refractivity contribution < 1.29 is 14.2 Å². The third-order valence-corrected chi connectivity index (χ3v) is 4.60. The van der Waals surface area contributed by atoms with Gasteiger partial charge >= 0.3 is 0 Å². The Morgan fingerprint density at radius 3 is 2.85 bits per heavy atom. The standard InChI is InChI=1S/C20H33N3O3.HI/c1-16(18-7-4-5-8-19(18)24-3)13-23-20(21-2)22-10-6-11-25-14-17-9-12-26-15-17;/h4-5,7-8,16-17H,6,9-15H2,1-3H3,(H2,21,22,23);1H. The monoisotopic (exact) mass is 491 g/mol. The number of nitrogens with one attached hydrogen (secondary N) is 2. The van der Waals surface area contributed by atoms with Gasteiger partial charge in [0.2, 0.25) is 0 Å². The number of guanidine groups is 1. The van der Waals surface area contributed by atoms with Gasteiger partial charge in [-0.1, -0.05) is 25.1 Å². The van der Waals surface area contributed by atoms with Crippen molar-refractivity contribution in [2.75, 3.05) is 53.7 Å². The van der Waals surface area contributed by atoms with E-state index >= 15 is 0 Å². The quantitative estimate of drug-likeness (QED) is 0.228. The Bertz CT molecular complexity index is 551. The Balaban J connectivity index is 0.00000364. The van der Waals surface area contributed by atoms with Gasteiger partial charge in [0.05, 0.1) is 20.3 Å². The second-order valence-electron chi connectivity index (χ2n) is 6.68. The van der Waals surface area contributed by atoms with Crippen molar-refractivity contribution in [2.24, 2.45) is 10.9 Å². The molecule has 1 aromatic carbocycles. The van der Waals surface area contributed by atoms with Crippen LogP contribution in [0.5, 0.6) is 5.75 Å². The molecule has 0 radical (unpaired) electrons. The summed E-state index contributed by atoms with van der Waals surface area (Å²) in [6.45, 7) is 7.10. The minimum absolute atomic E-state index is 0. The van der Waals surface area contributed by atoms with Gasteiger partial charge in [0.25, 0.3) is 0 Å². The van der Waals surface area contributed by atoms with Gasteiger partial charge in [0, 0.05) is 45.2 Å². The van der Waals surface area contributed by atoms with Crippen LogP contribution in [0.4, 0.5) is 0 Å². The van der Waals surface area contributed by atoms with Gasteiger partial charge < -0.3 is 24.8 Å². The average Bonchev–Trinajstić information content (AvgIpc) is 3.20. The highest BCUT2D eigenvalue weighted by atomic mass is 127. The van der Waals surface area contributed by atoms with Gasteiger partial charge in [0.1, 0.15) is 5.75 Å². The lowest BCUT2D eigenvalue weighted by Gasteiger charge is -2.18. The maximum atomic E-state index is 5.72. The second kappa shape index (κ2) is 14.0. The van der Waals surface area contributed by atoms with E-state index in [2.05, 4.69) is 28.6 Å². The van der Waals surface area contributed by atoms with E-state index in [-0.39, 0.29) is 24.0 Å². The van der Waals surface area contributed by atoms with Gasteiger partial charge in [-0.2, -0.15) is 0 Å². The number of aliphatic imine (C=N–C) groups is 1. The summed E-state index contributed by atoms with van der Waals surface area (Å²) < 4.78 is 16.5. The molecule has 0 amide bonds. The normalized spacial score (nSPS) is 17.9. The fourth-order valence-electron chi connectivity index (χ4n) is 3.00. The zero-order chi connectivity index (χ0) is 18.6. The molecule has 1 aromatic rings. The molecule has 2 atom stereocenters. The van der Waals surface area contributed by atoms with Crippen LogP contribution in [0.25, 0.3) is 0 Å². The Morgan fingerprint density at radius 1 is 1.33 bits per heavy atom. The molecule has 0 bridgehead atoms. The van der Waals surface area contributed by atoms with E-state index in [1.807, 2.05) is 18.2 Å². The molecule has 0 aromatic heterocycles. The molecular weight excluding hydrogens is 457 g/mol. The molecule has 1 heterocycles. The SMILES string of the molecule is CN=C(NCCCOCC1CCOC1)NCC(C)c1ccccc1OC.I. The Morgan fingerprint density at radius 2 is 2.15 bits per heavy atom. The zero-order valence-corrected chi connectivity index (χ0v) is 19.0. The van der Waals surface area contributed by atoms with E-state index in [4.69, 9.17) is 14.2 Å². The lowest BCUT2D eigenvalue weighted by Crippen LogP contribution is -2.39. The van der Waals surface area contributed by atoms with Crippen molar-refractivity contribution in [3.8, 4) is 5.75 Å². The van der Waals surface area contributed by atoms with Crippen LogP contribution < -0.4 is 15.4 Å². The molecule has 6 nitrogen and oxygen atoms in total. The first kappa shape index (κ1) is 24.0. The number of halogens is 1. The van der Waals surface area contributed by atoms with Crippen LogP contribution >= 0.6 is 24.0 Å². The summed E-state index contributed by atoms with van der Waals surface area (Å²) in [4.78, 5) is 4.28. The maximum Gasteiger partial charge on any atom is 0.190 e. The van der Waals surface area contributed by atoms with E-state index < -0.39 is 0 Å². The number of ether oxygens (including phenoxy) is 3. The first-order valence-corrected chi connectivity index (χ1v) is 9.47. The van der Waals surface area contributed by atoms with Crippen molar-refractivity contribution in [1.29, 1.82) is 0 Å². The third-order valence-electron chi connectivity index (χ3n) is 4.60. The number of nitrogens with zero attached hydrogens (tertiary/aromatic N) is 1. The van der Waals surface area contributed by atoms with Crippen molar-refractivity contribution in [1.82, 2.24) is 10.6 Å². The summed E-state index contributed by atoms with van der Waals surface area (Å²) >= 11 is 0. The minimum Gasteiger partial charge on any atom is -0.496 e. The van der Waals surface area contributed by atoms with Gasteiger partial charge in [-0.15, -0.1) is 24.0 Å². The number of methoxy groups -OCH3 is 1. The summed E-state index contributed by atoms with van der Waals surface area (Å²) in [5, 5.41) is 6.72. The molecular formula is C20H34IN3O3. The molecule has 27 heavy (non-hydrogen) atoms. The molecule has 2 rings (SSSR count). The first-order chi connectivity index (χ1) is 12.7. The summed E-state index contributed by atoms with van der Waals surface area (Å²) in [7, 11) is 3.50. The average molecular weight is 491 g/mol. The predicted octanol–water partition coefficient (Wildman–Crippen LogP) is 3.02. The van der Waals surface area contributed by atoms with Crippen molar-refractivity contribution in [3.63, 3.8) is 0 Å². The minimum atomic E-state index is 0. The van der Waals surface area contributed by atoms with Crippen LogP contribution in [0.15, 0.2) is 29.3 Å². The summed E-state index contributed by atoms with van der Waals surface area (Å²) in [6.07, 6.45) is 2.08. The lowest BCUT2D eigenvalue weighted by molar-refractivity contribution is 0.0888. The number of rotatable bonds is 10. The first-order valence-electron chi connectivity index (χ1n) is 9.47. The molecule has 0 spiro atoms. The topological polar surface area (TPSA) is 64.1 Å². The third kappa shape index (κ3) is 8.66. The van der Waals surface area contributed by atoms with Gasteiger partial charge in [-0.25, -0.2) is 0 Å². The molecule has 1 aliphatic rings. The largest absolute Gasteiger partial charge is 0.496 e. The van der Waals surface area contributed by atoms with E-state index in [1.54, 1.807) is 14.2 Å². The van der Waals surface area contributed by atoms with Crippen LogP contribution in [-0.2, 0) is 9.47 Å². The summed E-state index contributed by atoms with van der Waals surface area (Å²) in [6, 6.07) is 8.13. The van der Waals surface area contributed by atoms with Crippen LogP contribution in [0.3, 0.4) is 0 Å². The predicted molar refractivity (Wildman–Crippen MR) is 121 cm³/mol. The second-order valence-corrected chi connectivity index (χ2v) is 6.68. The molecule has 2 N–H and O–H groups in total. The molecule has 1 saturated heterocycles. The Kier molecular flexibility index (Phi) is 12.4. The van der Waals surface area contributed by atoms with Crippen LogP contribution in [-0.4, -0.2) is 59.6 Å². The highest BCUT2D eigenvalue weighted by molar-refractivity contribution is 14.0. The van der Waals surface area contributed by atoms with Gasteiger partial charge in [-0.05, 0) is 24.5 Å². The van der Waals surface area contributed by atoms with Gasteiger partial charge in [0.15, 0.2) is 5.96 Å². The molecule has 154 valence electrons. The van der Waals surface area contributed by atoms with E-state index in [0.717, 1.165) is 64.1 Å². The Hall–Kier alpha value is -1.06. The lowest BCUT2D eigenvalue weighted by atomic mass is 10.0. The van der Waals surface area contributed by atoms with Crippen LogP contribution in [0, 0.1) is 5.92 Å². The highest BCUT2D eigenvalue weighted by Gasteiger charge is 2.15. The molecule has 1 fully saturated rings. The van der Waals surface area contributed by atoms with Crippen molar-refractivity contribution in [3.05, 3.63) is 29.8 Å². The van der Waals surface area contributed by atoms with Crippen molar-refractivity contribution in [2.45, 2.75) is 25.7 Å². The molecule has 2 unspecified atom stereocenters. The van der Waals surface area contributed by atoms with E-state index in [1.165, 1.54) is 5.56 Å². The zero-order valence-electron chi connectivity index (χ0n) is 16.7. The number of hydrogen-bond donors (Lipinski definition) is 2. The summed E-state index contributed by atoms with van der Waals surface area (Å²) in [5.41, 5.74) is 1.20. The van der Waals surface area contributed by atoms with Gasteiger partial charge in [-0.3, -0.25) is 4.99 Å². The number of hydrogen-bond acceptors (Lipinski definition) is 4. The fourth-order valence-corrected chi connectivity index (χ4v) is 3.00. The highest BCUT2D eigenvalue weighted by Crippen LogP contribution is 2.25. The van der Waals surface area contributed by atoms with Crippen molar-refractivity contribution >= 4 is 29.9 Å². The number of para-hydroxylation sites is 1. The van der Waals surface area contributed by atoms with E-state index in [9.17, 15) is 0 Å². The van der Waals surface area contributed by atoms with E-state index in [0.29, 0.717) is 11.8 Å². The van der Waals surface area contributed by atoms with Crippen LogP contribution in [0.2, 0.25) is 0 Å². The smallest absolute Gasteiger partial charge is 0.190 e. The van der Waals surface area contributed by atoms with Crippen LogP contribution in [0.1, 0.15) is 31.2 Å². The molecule has 0 saturated carbocycles. The maximum absolute atomic E-state index is 5.72. The molecule has 7 heteroatoms. The Labute approximate surface area is 180 Å². The molecule has 0 aliphatic carbocycles.